The molecule has 1 amide bonds. The van der Waals surface area contributed by atoms with Crippen molar-refractivity contribution in [2.24, 2.45) is 0 Å². The second-order valence-corrected chi connectivity index (χ2v) is 8.44. The number of hydrogen-bond donors (Lipinski definition) is 0. The van der Waals surface area contributed by atoms with Crippen LogP contribution < -0.4 is 0 Å². The van der Waals surface area contributed by atoms with Crippen molar-refractivity contribution in [3.63, 3.8) is 0 Å². The summed E-state index contributed by atoms with van der Waals surface area (Å²) in [6.07, 6.45) is 4.21. The Labute approximate surface area is 144 Å². The predicted octanol–water partition coefficient (Wildman–Crippen LogP) is 2.58. The molecule has 3 heterocycles. The number of carbonyl (C=O) groups is 1. The van der Waals surface area contributed by atoms with Crippen LogP contribution in [0.2, 0.25) is 0 Å². The highest BCUT2D eigenvalue weighted by molar-refractivity contribution is 7.11. The van der Waals surface area contributed by atoms with Gasteiger partial charge in [0.1, 0.15) is 5.01 Å². The largest absolute Gasteiger partial charge is 0.340 e. The lowest BCUT2D eigenvalue weighted by Crippen LogP contribution is -2.48. The van der Waals surface area contributed by atoms with Gasteiger partial charge in [-0.1, -0.05) is 6.07 Å². The number of aromatic nitrogens is 1. The summed E-state index contributed by atoms with van der Waals surface area (Å²) in [5.74, 6) is 0.264. The number of hydrogen-bond acceptors (Lipinski definition) is 5. The number of rotatable bonds is 4. The topological polar surface area (TPSA) is 36.4 Å². The molecule has 0 unspecified atom stereocenters. The number of nitrogens with zero attached hydrogens (tertiary/aromatic N) is 3. The normalized spacial score (nSPS) is 18.3. The van der Waals surface area contributed by atoms with E-state index in [-0.39, 0.29) is 5.91 Å². The number of carbonyl (C=O) groups excluding carboxylic acids is 1. The second-order valence-electron chi connectivity index (χ2n) is 6.24. The van der Waals surface area contributed by atoms with Crippen molar-refractivity contribution in [1.82, 2.24) is 14.8 Å². The summed E-state index contributed by atoms with van der Waals surface area (Å²) in [7, 11) is 0. The predicted molar refractivity (Wildman–Crippen MR) is 94.0 cm³/mol. The molecule has 1 saturated heterocycles. The highest BCUT2D eigenvalue weighted by Crippen LogP contribution is 2.28. The van der Waals surface area contributed by atoms with Crippen LogP contribution in [0.3, 0.4) is 0 Å². The van der Waals surface area contributed by atoms with Gasteiger partial charge in [0, 0.05) is 35.9 Å². The summed E-state index contributed by atoms with van der Waals surface area (Å²) in [6, 6.07) is 4.05. The van der Waals surface area contributed by atoms with Crippen LogP contribution in [0.1, 0.15) is 26.9 Å². The molecule has 0 bridgehead atoms. The van der Waals surface area contributed by atoms with Gasteiger partial charge < -0.3 is 4.90 Å². The van der Waals surface area contributed by atoms with Crippen LogP contribution in [-0.4, -0.2) is 46.9 Å². The molecule has 1 aliphatic heterocycles. The van der Waals surface area contributed by atoms with Crippen LogP contribution in [0, 0.1) is 0 Å². The molecule has 0 aromatic carbocycles. The van der Waals surface area contributed by atoms with E-state index in [2.05, 4.69) is 4.90 Å². The molecule has 2 aliphatic rings. The standard InChI is InChI=1S/C17H21N3OS2/c21-17(11-13-3-2-10-22-13)20-8-6-19(7-9-20)12-16-18-14-4-1-5-15(14)23-16/h2-3,10H,1,4-9,11-12H2. The molecule has 0 radical (unpaired) electrons. The van der Waals surface area contributed by atoms with Gasteiger partial charge in [-0.05, 0) is 30.7 Å². The van der Waals surface area contributed by atoms with Crippen molar-refractivity contribution in [2.45, 2.75) is 32.2 Å². The van der Waals surface area contributed by atoms with E-state index >= 15 is 0 Å². The Morgan fingerprint density at radius 2 is 2.09 bits per heavy atom. The van der Waals surface area contributed by atoms with E-state index in [9.17, 15) is 4.79 Å². The minimum atomic E-state index is 0.264. The van der Waals surface area contributed by atoms with Crippen LogP contribution in [0.25, 0.3) is 0 Å². The van der Waals surface area contributed by atoms with E-state index in [1.807, 2.05) is 33.7 Å². The number of thiazole rings is 1. The van der Waals surface area contributed by atoms with Gasteiger partial charge in [0.25, 0.3) is 0 Å². The first-order valence-electron chi connectivity index (χ1n) is 8.28. The molecule has 6 heteroatoms. The van der Waals surface area contributed by atoms with E-state index in [1.54, 1.807) is 11.3 Å². The number of fused-ring (bicyclic) bond motifs is 1. The molecule has 0 spiro atoms. The summed E-state index contributed by atoms with van der Waals surface area (Å²) in [4.78, 5) is 24.2. The molecule has 4 rings (SSSR count). The lowest BCUT2D eigenvalue weighted by atomic mass is 10.2. The Hall–Kier alpha value is -1.24. The lowest BCUT2D eigenvalue weighted by Gasteiger charge is -2.34. The first-order valence-corrected chi connectivity index (χ1v) is 9.97. The maximum absolute atomic E-state index is 12.3. The van der Waals surface area contributed by atoms with Crippen molar-refractivity contribution >= 4 is 28.6 Å². The third-order valence-electron chi connectivity index (χ3n) is 4.63. The Morgan fingerprint density at radius 1 is 1.22 bits per heavy atom. The van der Waals surface area contributed by atoms with Crippen LogP contribution in [0.5, 0.6) is 0 Å². The molecule has 0 atom stereocenters. The third kappa shape index (κ3) is 3.49. The molecule has 0 N–H and O–H groups in total. The number of thiophene rings is 1. The van der Waals surface area contributed by atoms with Gasteiger partial charge in [0.05, 0.1) is 18.7 Å². The minimum Gasteiger partial charge on any atom is -0.340 e. The maximum Gasteiger partial charge on any atom is 0.227 e. The zero-order chi connectivity index (χ0) is 15.6. The molecule has 2 aromatic rings. The average molecular weight is 348 g/mol. The summed E-state index contributed by atoms with van der Waals surface area (Å²) in [5.41, 5.74) is 1.34. The van der Waals surface area contributed by atoms with Gasteiger partial charge in [-0.15, -0.1) is 22.7 Å². The van der Waals surface area contributed by atoms with E-state index in [0.29, 0.717) is 6.42 Å². The van der Waals surface area contributed by atoms with Gasteiger partial charge >= 0.3 is 0 Å². The molecular weight excluding hydrogens is 326 g/mol. The summed E-state index contributed by atoms with van der Waals surface area (Å²) in [6.45, 7) is 4.55. The van der Waals surface area contributed by atoms with Gasteiger partial charge in [-0.2, -0.15) is 0 Å². The molecule has 122 valence electrons. The zero-order valence-electron chi connectivity index (χ0n) is 13.2. The van der Waals surface area contributed by atoms with E-state index in [4.69, 9.17) is 4.98 Å². The summed E-state index contributed by atoms with van der Waals surface area (Å²) < 4.78 is 0. The summed E-state index contributed by atoms with van der Waals surface area (Å²) >= 11 is 3.56. The van der Waals surface area contributed by atoms with Crippen LogP contribution in [-0.2, 0) is 30.6 Å². The Kier molecular flexibility index (Phi) is 4.46. The highest BCUT2D eigenvalue weighted by atomic mass is 32.1. The second kappa shape index (κ2) is 6.71. The Balaban J connectivity index is 1.27. The molecule has 2 aromatic heterocycles. The SMILES string of the molecule is O=C(Cc1cccs1)N1CCN(Cc2nc3c(s2)CCC3)CC1. The zero-order valence-corrected chi connectivity index (χ0v) is 14.8. The fourth-order valence-electron chi connectivity index (χ4n) is 3.33. The first-order chi connectivity index (χ1) is 11.3. The maximum atomic E-state index is 12.3. The average Bonchev–Trinajstić information content (AvgIpc) is 3.25. The van der Waals surface area contributed by atoms with E-state index in [1.165, 1.54) is 28.4 Å². The van der Waals surface area contributed by atoms with Crippen molar-refractivity contribution in [3.8, 4) is 0 Å². The fraction of sp³-hybridized carbons (Fsp3) is 0.529. The van der Waals surface area contributed by atoms with Crippen molar-refractivity contribution < 1.29 is 4.79 Å². The van der Waals surface area contributed by atoms with E-state index < -0.39 is 0 Å². The van der Waals surface area contributed by atoms with E-state index in [0.717, 1.165) is 44.0 Å². The van der Waals surface area contributed by atoms with Crippen LogP contribution in [0.4, 0.5) is 0 Å². The quantitative estimate of drug-likeness (QED) is 0.853. The molecular formula is C17H21N3OS2. The molecule has 0 saturated carbocycles. The van der Waals surface area contributed by atoms with Gasteiger partial charge in [0.15, 0.2) is 0 Å². The van der Waals surface area contributed by atoms with Gasteiger partial charge in [-0.25, -0.2) is 4.98 Å². The molecule has 1 fully saturated rings. The van der Waals surface area contributed by atoms with Crippen LogP contribution in [0.15, 0.2) is 17.5 Å². The van der Waals surface area contributed by atoms with Gasteiger partial charge in [-0.3, -0.25) is 9.69 Å². The molecule has 1 aliphatic carbocycles. The number of amides is 1. The monoisotopic (exact) mass is 347 g/mol. The minimum absolute atomic E-state index is 0.264. The highest BCUT2D eigenvalue weighted by Gasteiger charge is 2.23. The first kappa shape index (κ1) is 15.3. The third-order valence-corrected chi connectivity index (χ3v) is 6.65. The van der Waals surface area contributed by atoms with Crippen molar-refractivity contribution in [3.05, 3.63) is 38.0 Å². The number of aryl methyl sites for hydroxylation is 2. The van der Waals surface area contributed by atoms with Crippen LogP contribution >= 0.6 is 22.7 Å². The number of piperazine rings is 1. The molecule has 23 heavy (non-hydrogen) atoms. The smallest absolute Gasteiger partial charge is 0.227 e. The van der Waals surface area contributed by atoms with Crippen molar-refractivity contribution in [1.29, 1.82) is 0 Å². The molecule has 4 nitrogen and oxygen atoms in total. The summed E-state index contributed by atoms with van der Waals surface area (Å²) in [5, 5.41) is 3.29. The lowest BCUT2D eigenvalue weighted by molar-refractivity contribution is -0.132. The van der Waals surface area contributed by atoms with Gasteiger partial charge in [0.2, 0.25) is 5.91 Å². The Morgan fingerprint density at radius 3 is 2.83 bits per heavy atom. The fourth-order valence-corrected chi connectivity index (χ4v) is 5.23. The van der Waals surface area contributed by atoms with Crippen molar-refractivity contribution in [2.75, 3.05) is 26.2 Å². The Bertz CT molecular complexity index is 651.